The van der Waals surface area contributed by atoms with Crippen molar-refractivity contribution >= 4 is 0 Å². The van der Waals surface area contributed by atoms with Crippen LogP contribution in [0, 0.1) is 11.8 Å². The third-order valence-corrected chi connectivity index (χ3v) is 6.26. The van der Waals surface area contributed by atoms with Gasteiger partial charge in [-0.15, -0.1) is 0 Å². The van der Waals surface area contributed by atoms with Crippen LogP contribution in [-0.4, -0.2) is 24.3 Å². The van der Waals surface area contributed by atoms with Crippen molar-refractivity contribution in [2.45, 2.75) is 75.3 Å². The van der Waals surface area contributed by atoms with Gasteiger partial charge < -0.3 is 10.1 Å². The number of nitrogens with one attached hydrogen (secondary N) is 1. The normalized spacial score (nSPS) is 43.7. The first-order valence-electron chi connectivity index (χ1n) is 8.22. The quantitative estimate of drug-likeness (QED) is 0.811. The second-order valence-electron chi connectivity index (χ2n) is 7.27. The molecule has 2 heteroatoms. The van der Waals surface area contributed by atoms with Crippen LogP contribution in [0.5, 0.6) is 0 Å². The Balaban J connectivity index is 1.55. The summed E-state index contributed by atoms with van der Waals surface area (Å²) in [6.07, 6.45) is 14.0. The molecule has 4 rings (SSSR count). The SMILES string of the molecule is C1CCC2(C1)CC(C1(C3CC3)CCCN1)CCO2. The molecule has 2 nitrogen and oxygen atoms in total. The number of hydrogen-bond acceptors (Lipinski definition) is 2. The fourth-order valence-electron chi connectivity index (χ4n) is 5.25. The van der Waals surface area contributed by atoms with Crippen molar-refractivity contribution < 1.29 is 4.74 Å². The Hall–Kier alpha value is -0.0800. The molecule has 0 aromatic rings. The molecule has 0 amide bonds. The summed E-state index contributed by atoms with van der Waals surface area (Å²) in [5.41, 5.74) is 0.828. The Morgan fingerprint density at radius 2 is 1.72 bits per heavy atom. The van der Waals surface area contributed by atoms with E-state index in [2.05, 4.69) is 5.32 Å². The summed E-state index contributed by atoms with van der Waals surface area (Å²) in [5.74, 6) is 1.90. The Bertz CT molecular complexity index is 311. The minimum atomic E-state index is 0.301. The average molecular weight is 249 g/mol. The zero-order chi connectivity index (χ0) is 12.1. The van der Waals surface area contributed by atoms with Crippen molar-refractivity contribution in [3.63, 3.8) is 0 Å². The van der Waals surface area contributed by atoms with Gasteiger partial charge in [-0.3, -0.25) is 0 Å². The van der Waals surface area contributed by atoms with E-state index in [1.807, 2.05) is 0 Å². The van der Waals surface area contributed by atoms with Gasteiger partial charge in [0.1, 0.15) is 0 Å². The summed E-state index contributed by atoms with van der Waals surface area (Å²) in [4.78, 5) is 0. The lowest BCUT2D eigenvalue weighted by Gasteiger charge is -2.47. The van der Waals surface area contributed by atoms with Gasteiger partial charge in [-0.05, 0) is 69.7 Å². The number of hydrogen-bond donors (Lipinski definition) is 1. The lowest BCUT2D eigenvalue weighted by Crippen LogP contribution is -2.54. The third kappa shape index (κ3) is 1.76. The summed E-state index contributed by atoms with van der Waals surface area (Å²) in [6.45, 7) is 2.29. The molecule has 18 heavy (non-hydrogen) atoms. The molecule has 2 aliphatic heterocycles. The summed E-state index contributed by atoms with van der Waals surface area (Å²) in [5, 5.41) is 3.95. The predicted molar refractivity (Wildman–Crippen MR) is 72.6 cm³/mol. The lowest BCUT2D eigenvalue weighted by atomic mass is 9.70. The van der Waals surface area contributed by atoms with E-state index in [-0.39, 0.29) is 0 Å². The van der Waals surface area contributed by atoms with Gasteiger partial charge in [0.05, 0.1) is 5.60 Å². The Morgan fingerprint density at radius 3 is 2.39 bits per heavy atom. The first-order chi connectivity index (χ1) is 8.83. The maximum absolute atomic E-state index is 6.23. The van der Waals surface area contributed by atoms with Crippen LogP contribution >= 0.6 is 0 Å². The van der Waals surface area contributed by atoms with Gasteiger partial charge in [0, 0.05) is 12.1 Å². The van der Waals surface area contributed by atoms with Crippen LogP contribution in [0.4, 0.5) is 0 Å². The van der Waals surface area contributed by atoms with Gasteiger partial charge in [-0.25, -0.2) is 0 Å². The van der Waals surface area contributed by atoms with Crippen LogP contribution in [0.3, 0.4) is 0 Å². The topological polar surface area (TPSA) is 21.3 Å². The summed E-state index contributed by atoms with van der Waals surface area (Å²) < 4.78 is 6.23. The predicted octanol–water partition coefficient (Wildman–Crippen LogP) is 3.26. The van der Waals surface area contributed by atoms with Crippen LogP contribution in [0.1, 0.15) is 64.2 Å². The highest BCUT2D eigenvalue weighted by molar-refractivity contribution is 5.10. The molecule has 2 heterocycles. The summed E-state index contributed by atoms with van der Waals surface area (Å²) in [6, 6.07) is 0. The van der Waals surface area contributed by atoms with E-state index in [1.54, 1.807) is 0 Å². The maximum atomic E-state index is 6.23. The Morgan fingerprint density at radius 1 is 0.889 bits per heavy atom. The smallest absolute Gasteiger partial charge is 0.0685 e. The molecule has 4 aliphatic rings. The molecule has 102 valence electrons. The fraction of sp³-hybridized carbons (Fsp3) is 1.00. The molecule has 4 fully saturated rings. The Kier molecular flexibility index (Phi) is 2.74. The Labute approximate surface area is 111 Å². The van der Waals surface area contributed by atoms with Gasteiger partial charge in [-0.1, -0.05) is 12.8 Å². The molecule has 2 atom stereocenters. The van der Waals surface area contributed by atoms with Crippen molar-refractivity contribution in [2.24, 2.45) is 11.8 Å². The largest absolute Gasteiger partial charge is 0.375 e. The van der Waals surface area contributed by atoms with E-state index in [1.165, 1.54) is 70.8 Å². The van der Waals surface area contributed by atoms with Gasteiger partial charge in [0.2, 0.25) is 0 Å². The number of ether oxygens (including phenoxy) is 1. The standard InChI is InChI=1S/C16H27NO/c1-2-8-15(7-1)12-14(6-11-18-15)16(13-4-5-13)9-3-10-17-16/h13-14,17H,1-12H2. The fourth-order valence-corrected chi connectivity index (χ4v) is 5.25. The molecule has 1 spiro atoms. The first kappa shape index (κ1) is 11.7. The minimum absolute atomic E-state index is 0.301. The summed E-state index contributed by atoms with van der Waals surface area (Å²) >= 11 is 0. The molecule has 0 bridgehead atoms. The van der Waals surface area contributed by atoms with Crippen molar-refractivity contribution in [3.05, 3.63) is 0 Å². The monoisotopic (exact) mass is 249 g/mol. The molecule has 0 aromatic heterocycles. The molecule has 0 radical (unpaired) electrons. The van der Waals surface area contributed by atoms with Crippen LogP contribution in [-0.2, 0) is 4.74 Å². The third-order valence-electron chi connectivity index (χ3n) is 6.26. The van der Waals surface area contributed by atoms with Crippen molar-refractivity contribution in [3.8, 4) is 0 Å². The molecular formula is C16H27NO. The molecule has 2 unspecified atom stereocenters. The maximum Gasteiger partial charge on any atom is 0.0685 e. The van der Waals surface area contributed by atoms with Gasteiger partial charge in [0.15, 0.2) is 0 Å². The van der Waals surface area contributed by atoms with E-state index in [0.717, 1.165) is 18.4 Å². The lowest BCUT2D eigenvalue weighted by molar-refractivity contribution is -0.109. The molecule has 2 aliphatic carbocycles. The van der Waals surface area contributed by atoms with Crippen molar-refractivity contribution in [2.75, 3.05) is 13.2 Å². The van der Waals surface area contributed by atoms with Gasteiger partial charge >= 0.3 is 0 Å². The van der Waals surface area contributed by atoms with Crippen molar-refractivity contribution in [1.82, 2.24) is 5.32 Å². The molecule has 2 saturated heterocycles. The highest BCUT2D eigenvalue weighted by atomic mass is 16.5. The van der Waals surface area contributed by atoms with Crippen LogP contribution in [0.15, 0.2) is 0 Å². The summed E-state index contributed by atoms with van der Waals surface area (Å²) in [7, 11) is 0. The molecule has 1 N–H and O–H groups in total. The minimum Gasteiger partial charge on any atom is -0.375 e. The van der Waals surface area contributed by atoms with Crippen LogP contribution in [0.25, 0.3) is 0 Å². The second kappa shape index (κ2) is 4.21. The first-order valence-corrected chi connectivity index (χ1v) is 8.22. The van der Waals surface area contributed by atoms with Crippen LogP contribution in [0.2, 0.25) is 0 Å². The van der Waals surface area contributed by atoms with Crippen LogP contribution < -0.4 is 5.32 Å². The van der Waals surface area contributed by atoms with E-state index in [4.69, 9.17) is 4.74 Å². The highest BCUT2D eigenvalue weighted by Gasteiger charge is 2.54. The highest BCUT2D eigenvalue weighted by Crippen LogP contribution is 2.54. The molecule has 0 aromatic carbocycles. The van der Waals surface area contributed by atoms with Gasteiger partial charge in [-0.2, -0.15) is 0 Å². The van der Waals surface area contributed by atoms with E-state index in [0.29, 0.717) is 11.1 Å². The van der Waals surface area contributed by atoms with Crippen molar-refractivity contribution in [1.29, 1.82) is 0 Å². The number of rotatable bonds is 2. The van der Waals surface area contributed by atoms with E-state index >= 15 is 0 Å². The zero-order valence-corrected chi connectivity index (χ0v) is 11.5. The van der Waals surface area contributed by atoms with E-state index in [9.17, 15) is 0 Å². The molecule has 2 saturated carbocycles. The molecular weight excluding hydrogens is 222 g/mol. The van der Waals surface area contributed by atoms with E-state index < -0.39 is 0 Å². The second-order valence-corrected chi connectivity index (χ2v) is 7.27. The van der Waals surface area contributed by atoms with Gasteiger partial charge in [0.25, 0.3) is 0 Å². The zero-order valence-electron chi connectivity index (χ0n) is 11.5. The average Bonchev–Trinajstić information content (AvgIpc) is 2.98.